The molecule has 0 bridgehead atoms. The summed E-state index contributed by atoms with van der Waals surface area (Å²) in [5.41, 5.74) is 7.01. The zero-order valence-corrected chi connectivity index (χ0v) is 30.4. The number of hydrogen-bond donors (Lipinski definition) is 0. The van der Waals surface area contributed by atoms with Crippen molar-refractivity contribution in [3.63, 3.8) is 0 Å². The molecule has 0 N–H and O–H groups in total. The number of unbranched alkanes of at least 4 members (excludes halogenated alkanes) is 4. The predicted octanol–water partition coefficient (Wildman–Crippen LogP) is 10.8. The number of aromatic nitrogens is 2. The first-order valence-electron chi connectivity index (χ1n) is 16.2. The number of carbonyl (C=O) groups excluding carboxylic acids is 2. The van der Waals surface area contributed by atoms with Crippen LogP contribution in [0.2, 0.25) is 0 Å². The van der Waals surface area contributed by atoms with Gasteiger partial charge in [-0.2, -0.15) is 8.75 Å². The minimum atomic E-state index is -0.104. The first kappa shape index (κ1) is 34.4. The van der Waals surface area contributed by atoms with E-state index in [0.717, 1.165) is 73.5 Å². The molecule has 0 aliphatic carbocycles. The third-order valence-electron chi connectivity index (χ3n) is 7.94. The second kappa shape index (κ2) is 16.8. The third kappa shape index (κ3) is 8.70. The topological polar surface area (TPSA) is 78.4 Å². The van der Waals surface area contributed by atoms with Crippen LogP contribution in [0.25, 0.3) is 41.0 Å². The first-order chi connectivity index (χ1) is 22.4. The Morgan fingerprint density at radius 1 is 0.652 bits per heavy atom. The summed E-state index contributed by atoms with van der Waals surface area (Å²) in [5, 5.41) is 0. The van der Waals surface area contributed by atoms with Crippen LogP contribution >= 0.6 is 45.7 Å². The molecular weight excluding hydrogens is 653 g/mol. The van der Waals surface area contributed by atoms with Crippen molar-refractivity contribution in [2.45, 2.75) is 91.9 Å². The van der Waals surface area contributed by atoms with E-state index in [1.165, 1.54) is 52.1 Å². The third-order valence-corrected chi connectivity index (χ3v) is 12.2. The highest BCUT2D eigenvalue weighted by Crippen LogP contribution is 2.46. The Morgan fingerprint density at radius 3 is 1.87 bits per heavy atom. The van der Waals surface area contributed by atoms with Gasteiger partial charge in [0.15, 0.2) is 0 Å². The van der Waals surface area contributed by atoms with E-state index in [2.05, 4.69) is 59.0 Å². The van der Waals surface area contributed by atoms with Gasteiger partial charge in [0.2, 0.25) is 0 Å². The van der Waals surface area contributed by atoms with Gasteiger partial charge in [0.25, 0.3) is 0 Å². The second-order valence-corrected chi connectivity index (χ2v) is 15.4. The Bertz CT molecular complexity index is 1760. The molecule has 4 heterocycles. The highest BCUT2D eigenvalue weighted by atomic mass is 32.1. The summed E-state index contributed by atoms with van der Waals surface area (Å²) in [6, 6.07) is 13.6. The van der Waals surface area contributed by atoms with Crippen LogP contribution in [0.5, 0.6) is 0 Å². The van der Waals surface area contributed by atoms with E-state index in [1.54, 1.807) is 0 Å². The van der Waals surface area contributed by atoms with Crippen molar-refractivity contribution >= 4 is 68.7 Å². The molecule has 1 aromatic carbocycles. The smallest absolute Gasteiger partial charge is 0.305 e. The van der Waals surface area contributed by atoms with Crippen LogP contribution in [-0.2, 0) is 31.9 Å². The summed E-state index contributed by atoms with van der Waals surface area (Å²) >= 11 is 6.87. The summed E-state index contributed by atoms with van der Waals surface area (Å²) in [5.74, 6) is -0.198. The molecule has 0 atom stereocenters. The Morgan fingerprint density at radius 2 is 1.24 bits per heavy atom. The lowest BCUT2D eigenvalue weighted by atomic mass is 10.0. The average molecular weight is 695 g/mol. The Hall–Kier alpha value is -2.92. The maximum absolute atomic E-state index is 11.8. The molecule has 0 spiro atoms. The fraction of sp³-hybridized carbons (Fsp3) is 0.444. The van der Waals surface area contributed by atoms with Crippen LogP contribution in [-0.4, -0.2) is 33.9 Å². The Kier molecular flexibility index (Phi) is 12.5. The number of hydrogen-bond acceptors (Lipinski definition) is 10. The number of thiophene rings is 3. The van der Waals surface area contributed by atoms with Gasteiger partial charge in [-0.05, 0) is 107 Å². The maximum atomic E-state index is 11.8. The van der Waals surface area contributed by atoms with Gasteiger partial charge in [-0.25, -0.2) is 0 Å². The summed E-state index contributed by atoms with van der Waals surface area (Å²) < 4.78 is 19.4. The fourth-order valence-electron chi connectivity index (χ4n) is 5.68. The van der Waals surface area contributed by atoms with Gasteiger partial charge < -0.3 is 9.47 Å². The summed E-state index contributed by atoms with van der Waals surface area (Å²) in [4.78, 5) is 31.4. The van der Waals surface area contributed by atoms with Gasteiger partial charge in [0.1, 0.15) is 11.0 Å². The predicted molar refractivity (Wildman–Crippen MR) is 194 cm³/mol. The number of fused-ring (bicyclic) bond motifs is 1. The lowest BCUT2D eigenvalue weighted by Gasteiger charge is -2.04. The number of carbonyl (C=O) groups is 2. The molecule has 0 amide bonds. The summed E-state index contributed by atoms with van der Waals surface area (Å²) in [7, 11) is 0. The van der Waals surface area contributed by atoms with Crippen molar-refractivity contribution in [3.8, 4) is 29.9 Å². The van der Waals surface area contributed by atoms with Crippen molar-refractivity contribution in [1.82, 2.24) is 8.75 Å². The minimum Gasteiger partial charge on any atom is -0.466 e. The van der Waals surface area contributed by atoms with Crippen LogP contribution in [0.15, 0.2) is 36.4 Å². The molecule has 0 fully saturated rings. The molecule has 10 heteroatoms. The molecule has 6 nitrogen and oxygen atoms in total. The summed E-state index contributed by atoms with van der Waals surface area (Å²) in [6.45, 7) is 8.87. The van der Waals surface area contributed by atoms with Crippen molar-refractivity contribution < 1.29 is 19.1 Å². The number of ether oxygens (including phenoxy) is 2. The van der Waals surface area contributed by atoms with Crippen LogP contribution in [0.1, 0.15) is 86.8 Å². The molecule has 0 saturated carbocycles. The molecule has 46 heavy (non-hydrogen) atoms. The van der Waals surface area contributed by atoms with Crippen LogP contribution in [0, 0.1) is 13.8 Å². The second-order valence-electron chi connectivity index (χ2n) is 11.5. The SMILES string of the molecule is CCOC(=O)CCCCCc1cc(C)sc1-c1ccc(-c2sc(-c3ccc(C)c4nsnc34)cc2CCCCCC(=O)OCC)s1. The molecule has 5 aromatic rings. The highest BCUT2D eigenvalue weighted by Gasteiger charge is 2.19. The van der Waals surface area contributed by atoms with E-state index in [9.17, 15) is 9.59 Å². The Labute approximate surface area is 288 Å². The van der Waals surface area contributed by atoms with Gasteiger partial charge in [-0.3, -0.25) is 9.59 Å². The lowest BCUT2D eigenvalue weighted by molar-refractivity contribution is -0.144. The quantitative estimate of drug-likeness (QED) is 0.0712. The molecule has 0 saturated heterocycles. The fourth-order valence-corrected chi connectivity index (χ4v) is 9.89. The van der Waals surface area contributed by atoms with Gasteiger partial charge in [-0.1, -0.05) is 25.0 Å². The molecule has 0 aliphatic rings. The maximum Gasteiger partial charge on any atom is 0.305 e. The van der Waals surface area contributed by atoms with Gasteiger partial charge in [-0.15, -0.1) is 34.0 Å². The number of esters is 2. The van der Waals surface area contributed by atoms with E-state index in [-0.39, 0.29) is 11.9 Å². The largest absolute Gasteiger partial charge is 0.466 e. The molecule has 244 valence electrons. The number of nitrogens with zero attached hydrogens (tertiary/aromatic N) is 2. The van der Waals surface area contributed by atoms with E-state index in [4.69, 9.17) is 9.47 Å². The highest BCUT2D eigenvalue weighted by molar-refractivity contribution is 7.27. The van der Waals surface area contributed by atoms with E-state index >= 15 is 0 Å². The number of aryl methyl sites for hydroxylation is 4. The average Bonchev–Trinajstić information content (AvgIpc) is 3.84. The van der Waals surface area contributed by atoms with Crippen LogP contribution in [0.3, 0.4) is 0 Å². The molecular formula is C36H42N2O4S4. The zero-order valence-electron chi connectivity index (χ0n) is 27.1. The molecule has 5 rings (SSSR count). The number of rotatable bonds is 17. The van der Waals surface area contributed by atoms with Crippen molar-refractivity contribution in [2.24, 2.45) is 0 Å². The Balaban J connectivity index is 1.35. The van der Waals surface area contributed by atoms with Gasteiger partial charge >= 0.3 is 11.9 Å². The molecule has 0 radical (unpaired) electrons. The first-order valence-corrected chi connectivity index (χ1v) is 19.4. The molecule has 0 aliphatic heterocycles. The van der Waals surface area contributed by atoms with Gasteiger partial charge in [0.05, 0.1) is 24.9 Å². The lowest BCUT2D eigenvalue weighted by Crippen LogP contribution is -2.03. The van der Waals surface area contributed by atoms with Crippen LogP contribution in [0.4, 0.5) is 0 Å². The van der Waals surface area contributed by atoms with Crippen molar-refractivity contribution in [3.05, 3.63) is 58.0 Å². The zero-order chi connectivity index (χ0) is 32.5. The monoisotopic (exact) mass is 694 g/mol. The summed E-state index contributed by atoms with van der Waals surface area (Å²) in [6.07, 6.45) is 8.77. The van der Waals surface area contributed by atoms with E-state index in [0.29, 0.717) is 26.1 Å². The number of benzene rings is 1. The molecule has 0 unspecified atom stereocenters. The van der Waals surface area contributed by atoms with Crippen molar-refractivity contribution in [2.75, 3.05) is 13.2 Å². The standard InChI is InChI=1S/C36H42N2O4S4/c1-5-41-31(39)15-11-7-9-13-25-21-24(4)43-35(25)28-19-20-29(44-28)36-26(14-10-8-12-16-32(40)42-6-2)22-30(45-36)27-18-17-23(3)33-34(27)38-46-37-33/h17-22H,5-16H2,1-4H3. The van der Waals surface area contributed by atoms with Crippen molar-refractivity contribution in [1.29, 1.82) is 0 Å². The van der Waals surface area contributed by atoms with E-state index in [1.807, 2.05) is 47.9 Å². The van der Waals surface area contributed by atoms with Gasteiger partial charge in [0, 0.05) is 47.7 Å². The minimum absolute atomic E-state index is 0.0940. The van der Waals surface area contributed by atoms with E-state index < -0.39 is 0 Å². The van der Waals surface area contributed by atoms with Crippen LogP contribution < -0.4 is 0 Å². The normalized spacial score (nSPS) is 11.4. The molecule has 4 aromatic heterocycles.